The standard InChI is InChI=1S/C5H5.C4H9O2.3ClH.Zr/c1-2-4-5-3-1;1-5-3-4-6-2;;;;/h1-3H,4H2;3H,4H2,1-2H3;3*1H;/q2*-1;;;;+3/p-3. The molecule has 0 N–H and O–H groups in total. The molecule has 1 aliphatic rings. The zero-order valence-corrected chi connectivity index (χ0v) is 13.4. The van der Waals surface area contributed by atoms with Crippen LogP contribution in [0.1, 0.15) is 6.42 Å². The molecule has 0 unspecified atom stereocenters. The maximum atomic E-state index is 4.60. The van der Waals surface area contributed by atoms with Crippen molar-refractivity contribution in [2.45, 2.75) is 6.42 Å². The van der Waals surface area contributed by atoms with Crippen LogP contribution in [0, 0.1) is 12.7 Å². The Labute approximate surface area is 130 Å². The van der Waals surface area contributed by atoms with E-state index in [-0.39, 0.29) is 63.4 Å². The van der Waals surface area contributed by atoms with Gasteiger partial charge in [0.1, 0.15) is 0 Å². The minimum absolute atomic E-state index is 0. The Bertz CT molecular complexity index is 119. The Hall–Kier alpha value is 1.15. The van der Waals surface area contributed by atoms with Gasteiger partial charge in [-0.1, -0.05) is 6.61 Å². The van der Waals surface area contributed by atoms with Gasteiger partial charge in [0.25, 0.3) is 0 Å². The van der Waals surface area contributed by atoms with Crippen LogP contribution in [0.25, 0.3) is 0 Å². The molecule has 0 fully saturated rings. The Kier molecular flexibility index (Phi) is 58.5. The van der Waals surface area contributed by atoms with Crippen LogP contribution in [0.3, 0.4) is 0 Å². The molecule has 89 valence electrons. The van der Waals surface area contributed by atoms with Crippen LogP contribution < -0.4 is 37.2 Å². The van der Waals surface area contributed by atoms with Gasteiger partial charge < -0.3 is 46.7 Å². The maximum Gasteiger partial charge on any atom is 3.00 e. The molecule has 0 heterocycles. The molecule has 0 bridgehead atoms. The SMILES string of the molecule is CO[CH-]COC.[C-]1=CC=CC1.[Cl-].[Cl-].[Cl-].[Zr+3]. The molecule has 0 saturated carbocycles. The number of allylic oxidation sites excluding steroid dienone is 4. The van der Waals surface area contributed by atoms with Crippen molar-refractivity contribution in [3.05, 3.63) is 30.9 Å². The molecule has 0 amide bonds. The van der Waals surface area contributed by atoms with E-state index < -0.39 is 0 Å². The van der Waals surface area contributed by atoms with Gasteiger partial charge in [0, 0.05) is 7.11 Å². The summed E-state index contributed by atoms with van der Waals surface area (Å²) in [6, 6.07) is 0. The molecule has 0 aromatic heterocycles. The predicted molar refractivity (Wildman–Crippen MR) is 44.8 cm³/mol. The van der Waals surface area contributed by atoms with Crippen molar-refractivity contribution in [2.24, 2.45) is 0 Å². The van der Waals surface area contributed by atoms with Crippen molar-refractivity contribution >= 4 is 0 Å². The molecule has 0 atom stereocenters. The van der Waals surface area contributed by atoms with Crippen LogP contribution >= 0.6 is 0 Å². The minimum atomic E-state index is 0. The van der Waals surface area contributed by atoms with Gasteiger partial charge in [-0.25, -0.2) is 12.2 Å². The third kappa shape index (κ3) is 31.3. The molecule has 0 aromatic rings. The average molecular weight is 352 g/mol. The zero-order valence-electron chi connectivity index (χ0n) is 8.67. The van der Waals surface area contributed by atoms with E-state index in [1.807, 2.05) is 12.2 Å². The van der Waals surface area contributed by atoms with Crippen molar-refractivity contribution in [3.63, 3.8) is 0 Å². The second kappa shape index (κ2) is 29.4. The zero-order chi connectivity index (χ0) is 8.36. The van der Waals surface area contributed by atoms with Crippen molar-refractivity contribution in [1.82, 2.24) is 0 Å². The first-order valence-corrected chi connectivity index (χ1v) is 3.47. The number of hydrogen-bond acceptors (Lipinski definition) is 2. The molecule has 1 radical (unpaired) electrons. The first-order chi connectivity index (χ1) is 5.41. The van der Waals surface area contributed by atoms with Gasteiger partial charge in [-0.15, -0.1) is 6.42 Å². The van der Waals surface area contributed by atoms with E-state index in [1.165, 1.54) is 0 Å². The normalized spacial score (nSPS) is 9.47. The van der Waals surface area contributed by atoms with Gasteiger partial charge in [0.15, 0.2) is 0 Å². The summed E-state index contributed by atoms with van der Waals surface area (Å²) in [5.74, 6) is 0. The molecule has 0 saturated heterocycles. The Morgan fingerprint density at radius 2 is 1.87 bits per heavy atom. The van der Waals surface area contributed by atoms with Gasteiger partial charge in [0.05, 0.1) is 0 Å². The number of hydrogen-bond donors (Lipinski definition) is 0. The molecule has 1 aliphatic carbocycles. The van der Waals surface area contributed by atoms with E-state index in [0.29, 0.717) is 6.61 Å². The minimum Gasteiger partial charge on any atom is -1.00 e. The maximum absolute atomic E-state index is 4.60. The van der Waals surface area contributed by atoms with E-state index >= 15 is 0 Å². The van der Waals surface area contributed by atoms with E-state index in [1.54, 1.807) is 20.8 Å². The molecule has 15 heavy (non-hydrogen) atoms. The molecule has 0 spiro atoms. The van der Waals surface area contributed by atoms with Crippen molar-refractivity contribution in [1.29, 1.82) is 0 Å². The van der Waals surface area contributed by atoms with Crippen LogP contribution in [0.5, 0.6) is 0 Å². The fraction of sp³-hybridized carbons (Fsp3) is 0.444. The first-order valence-electron chi connectivity index (χ1n) is 3.47. The molecule has 1 rings (SSSR count). The van der Waals surface area contributed by atoms with Crippen LogP contribution in [0.15, 0.2) is 18.2 Å². The average Bonchev–Trinajstić information content (AvgIpc) is 2.57. The molecule has 0 aliphatic heterocycles. The quantitative estimate of drug-likeness (QED) is 0.372. The monoisotopic (exact) mass is 349 g/mol. The smallest absolute Gasteiger partial charge is 1.00 e. The summed E-state index contributed by atoms with van der Waals surface area (Å²) in [6.07, 6.45) is 10.0. The molecular formula is C9H14Cl3O2Zr-2. The van der Waals surface area contributed by atoms with Crippen molar-refractivity contribution in [3.8, 4) is 0 Å². The number of ether oxygens (including phenoxy) is 2. The fourth-order valence-corrected chi connectivity index (χ4v) is 0.476. The van der Waals surface area contributed by atoms with Gasteiger partial charge >= 0.3 is 26.2 Å². The van der Waals surface area contributed by atoms with E-state index in [0.717, 1.165) is 6.42 Å². The van der Waals surface area contributed by atoms with E-state index in [2.05, 4.69) is 21.6 Å². The summed E-state index contributed by atoms with van der Waals surface area (Å²) < 4.78 is 9.13. The summed E-state index contributed by atoms with van der Waals surface area (Å²) in [5, 5.41) is 0. The van der Waals surface area contributed by atoms with Gasteiger partial charge in [-0.3, -0.25) is 6.08 Å². The summed E-state index contributed by atoms with van der Waals surface area (Å²) >= 11 is 0. The second-order valence-corrected chi connectivity index (χ2v) is 1.86. The number of halogens is 3. The summed E-state index contributed by atoms with van der Waals surface area (Å²) in [4.78, 5) is 0. The van der Waals surface area contributed by atoms with Gasteiger partial charge in [-0.2, -0.15) is 12.7 Å². The Morgan fingerprint density at radius 3 is 2.00 bits per heavy atom. The second-order valence-electron chi connectivity index (χ2n) is 1.86. The number of rotatable bonds is 3. The van der Waals surface area contributed by atoms with Gasteiger partial charge in [-0.05, 0) is 7.11 Å². The molecule has 2 nitrogen and oxygen atoms in total. The summed E-state index contributed by atoms with van der Waals surface area (Å²) in [7, 11) is 3.22. The van der Waals surface area contributed by atoms with Crippen molar-refractivity contribution < 1.29 is 72.9 Å². The van der Waals surface area contributed by atoms with E-state index in [4.69, 9.17) is 0 Å². The predicted octanol–water partition coefficient (Wildman–Crippen LogP) is -7.24. The number of methoxy groups -OCH3 is 2. The molecule has 0 aromatic carbocycles. The molecule has 6 heteroatoms. The van der Waals surface area contributed by atoms with Gasteiger partial charge in [0.2, 0.25) is 0 Å². The first kappa shape index (κ1) is 29.8. The summed E-state index contributed by atoms with van der Waals surface area (Å²) in [6.45, 7) is 2.15. The Morgan fingerprint density at radius 1 is 1.27 bits per heavy atom. The van der Waals surface area contributed by atoms with Crippen LogP contribution in [-0.2, 0) is 35.7 Å². The third-order valence-electron chi connectivity index (χ3n) is 0.987. The van der Waals surface area contributed by atoms with Crippen LogP contribution in [-0.4, -0.2) is 20.8 Å². The Balaban J connectivity index is -0.0000000352. The topological polar surface area (TPSA) is 18.5 Å². The van der Waals surface area contributed by atoms with Crippen LogP contribution in [0.2, 0.25) is 0 Å². The largest absolute Gasteiger partial charge is 3.00 e. The summed E-state index contributed by atoms with van der Waals surface area (Å²) in [5.41, 5.74) is 0. The van der Waals surface area contributed by atoms with Crippen LogP contribution in [0.4, 0.5) is 0 Å². The van der Waals surface area contributed by atoms with E-state index in [9.17, 15) is 0 Å². The van der Waals surface area contributed by atoms with Crippen molar-refractivity contribution in [2.75, 3.05) is 20.8 Å². The third-order valence-corrected chi connectivity index (χ3v) is 0.987. The fourth-order valence-electron chi connectivity index (χ4n) is 0.476. The molecular weight excluding hydrogens is 338 g/mol.